The number of esters is 1. The lowest BCUT2D eigenvalue weighted by Crippen LogP contribution is -2.48. The Bertz CT molecular complexity index is 1780. The van der Waals surface area contributed by atoms with Crippen molar-refractivity contribution in [1.29, 1.82) is 0 Å². The number of pyridine rings is 1. The fourth-order valence-corrected chi connectivity index (χ4v) is 5.87. The fourth-order valence-electron chi connectivity index (χ4n) is 5.87. The third-order valence-electron chi connectivity index (χ3n) is 8.15. The molecule has 3 heterocycles. The van der Waals surface area contributed by atoms with Gasteiger partial charge in [-0.15, -0.1) is 0 Å². The average Bonchev–Trinajstić information content (AvgIpc) is 3.33. The summed E-state index contributed by atoms with van der Waals surface area (Å²) in [7, 11) is 4.86. The number of hydrogen-bond donors (Lipinski definition) is 0. The molecule has 2 aromatic heterocycles. The number of fused-ring (bicyclic) bond motifs is 3. The Hall–Kier alpha value is -4.93. The Labute approximate surface area is 248 Å². The number of hydrogen-bond acceptors (Lipinski definition) is 7. The lowest BCUT2D eigenvalue weighted by atomic mass is 10.0. The number of aryl methyl sites for hydroxylation is 1. The molecule has 1 aliphatic heterocycles. The van der Waals surface area contributed by atoms with Crippen LogP contribution in [0.5, 0.6) is 5.75 Å². The third-order valence-corrected chi connectivity index (χ3v) is 8.15. The van der Waals surface area contributed by atoms with Crippen molar-refractivity contribution in [1.82, 2.24) is 18.9 Å². The van der Waals surface area contributed by atoms with Crippen LogP contribution in [0.25, 0.3) is 21.8 Å². The number of para-hydroxylation sites is 1. The maximum absolute atomic E-state index is 14.1. The van der Waals surface area contributed by atoms with E-state index in [-0.39, 0.29) is 53.6 Å². The maximum atomic E-state index is 14.1. The summed E-state index contributed by atoms with van der Waals surface area (Å²) in [6, 6.07) is 15.9. The molecule has 1 aliphatic rings. The van der Waals surface area contributed by atoms with E-state index in [1.807, 2.05) is 18.2 Å². The number of benzene rings is 2. The van der Waals surface area contributed by atoms with Crippen molar-refractivity contribution in [3.8, 4) is 5.75 Å². The van der Waals surface area contributed by atoms with E-state index in [2.05, 4.69) is 0 Å². The Morgan fingerprint density at radius 1 is 0.977 bits per heavy atom. The van der Waals surface area contributed by atoms with Gasteiger partial charge in [0.2, 0.25) is 0 Å². The van der Waals surface area contributed by atoms with Gasteiger partial charge in [0.25, 0.3) is 17.4 Å². The van der Waals surface area contributed by atoms with Crippen LogP contribution < -0.4 is 10.3 Å². The number of aromatic nitrogens is 2. The molecule has 0 saturated carbocycles. The highest BCUT2D eigenvalue weighted by Crippen LogP contribution is 2.36. The summed E-state index contributed by atoms with van der Waals surface area (Å²) in [6.45, 7) is 1.61. The van der Waals surface area contributed by atoms with Crippen molar-refractivity contribution < 1.29 is 28.7 Å². The number of amides is 2. The van der Waals surface area contributed by atoms with Crippen LogP contribution in [-0.2, 0) is 27.9 Å². The standard InChI is InChI=1S/C32H34N4O7/c1-20(37)43-19-26(39)35-16-14-22(15-17-35)33(2)32(41)29-30(42-4)27-28(34(29)3)23-12-8-9-13-24(23)36(31(27)40)18-25(38)21-10-6-5-7-11-21/h5-13,22H,14-19H2,1-4H3. The highest BCUT2D eigenvalue weighted by atomic mass is 16.5. The average molecular weight is 587 g/mol. The zero-order valence-electron chi connectivity index (χ0n) is 24.7. The molecule has 1 fully saturated rings. The van der Waals surface area contributed by atoms with Crippen molar-refractivity contribution in [2.45, 2.75) is 32.4 Å². The summed E-state index contributed by atoms with van der Waals surface area (Å²) >= 11 is 0. The van der Waals surface area contributed by atoms with Crippen LogP contribution >= 0.6 is 0 Å². The number of carbonyl (C=O) groups excluding carboxylic acids is 4. The fraction of sp³-hybridized carbons (Fsp3) is 0.344. The number of ketones is 1. The molecule has 0 bridgehead atoms. The molecule has 11 heteroatoms. The number of piperidine rings is 1. The van der Waals surface area contributed by atoms with E-state index in [0.717, 1.165) is 0 Å². The molecule has 11 nitrogen and oxygen atoms in total. The van der Waals surface area contributed by atoms with Crippen molar-refractivity contribution >= 4 is 45.4 Å². The molecule has 0 atom stereocenters. The lowest BCUT2D eigenvalue weighted by Gasteiger charge is -2.36. The number of ether oxygens (including phenoxy) is 2. The predicted octanol–water partition coefficient (Wildman–Crippen LogP) is 3.01. The Morgan fingerprint density at radius 3 is 2.28 bits per heavy atom. The van der Waals surface area contributed by atoms with E-state index in [9.17, 15) is 24.0 Å². The van der Waals surface area contributed by atoms with Crippen LogP contribution in [0.3, 0.4) is 0 Å². The number of methoxy groups -OCH3 is 1. The molecule has 2 aromatic carbocycles. The first-order valence-corrected chi connectivity index (χ1v) is 14.1. The van der Waals surface area contributed by atoms with Gasteiger partial charge in [0.05, 0.1) is 24.7 Å². The first kappa shape index (κ1) is 29.6. The molecule has 1 saturated heterocycles. The number of carbonyl (C=O) groups is 4. The van der Waals surface area contributed by atoms with Crippen molar-refractivity contribution in [3.05, 3.63) is 76.2 Å². The minimum atomic E-state index is -0.514. The summed E-state index contributed by atoms with van der Waals surface area (Å²) in [6.07, 6.45) is 1.08. The Balaban J connectivity index is 1.50. The summed E-state index contributed by atoms with van der Waals surface area (Å²) in [5, 5.41) is 0.937. The monoisotopic (exact) mass is 586 g/mol. The predicted molar refractivity (Wildman–Crippen MR) is 160 cm³/mol. The van der Waals surface area contributed by atoms with E-state index >= 15 is 0 Å². The molecule has 0 spiro atoms. The second kappa shape index (κ2) is 12.1. The van der Waals surface area contributed by atoms with Gasteiger partial charge in [-0.2, -0.15) is 0 Å². The van der Waals surface area contributed by atoms with Crippen LogP contribution in [-0.4, -0.2) is 82.4 Å². The van der Waals surface area contributed by atoms with Gasteiger partial charge < -0.3 is 23.8 Å². The molecule has 0 unspecified atom stereocenters. The second-order valence-electron chi connectivity index (χ2n) is 10.7. The van der Waals surface area contributed by atoms with Crippen LogP contribution in [0, 0.1) is 0 Å². The minimum absolute atomic E-state index is 0.153. The molecule has 43 heavy (non-hydrogen) atoms. The van der Waals surface area contributed by atoms with Crippen molar-refractivity contribution in [2.24, 2.45) is 7.05 Å². The number of nitrogens with zero attached hydrogens (tertiary/aromatic N) is 4. The SMILES string of the molecule is COc1c(C(=O)N(C)C2CCN(C(=O)COC(C)=O)CC2)n(C)c2c1c(=O)n(CC(=O)c1ccccc1)c1ccccc21. The largest absolute Gasteiger partial charge is 0.493 e. The molecule has 0 N–H and O–H groups in total. The second-order valence-corrected chi connectivity index (χ2v) is 10.7. The van der Waals surface area contributed by atoms with Crippen molar-refractivity contribution in [3.63, 3.8) is 0 Å². The molecule has 2 amide bonds. The van der Waals surface area contributed by atoms with Gasteiger partial charge in [-0.3, -0.25) is 28.5 Å². The molecule has 0 radical (unpaired) electrons. The van der Waals surface area contributed by atoms with Gasteiger partial charge >= 0.3 is 5.97 Å². The lowest BCUT2D eigenvalue weighted by molar-refractivity contribution is -0.150. The highest BCUT2D eigenvalue weighted by Gasteiger charge is 2.33. The summed E-state index contributed by atoms with van der Waals surface area (Å²) < 4.78 is 13.7. The van der Waals surface area contributed by atoms with Crippen LogP contribution in [0.15, 0.2) is 59.4 Å². The smallest absolute Gasteiger partial charge is 0.303 e. The summed E-state index contributed by atoms with van der Waals surface area (Å²) in [5.74, 6) is -1.17. The number of likely N-dealkylation sites (tertiary alicyclic amines) is 1. The quantitative estimate of drug-likeness (QED) is 0.230. The topological polar surface area (TPSA) is 120 Å². The maximum Gasteiger partial charge on any atom is 0.303 e. The third kappa shape index (κ3) is 5.50. The molecular weight excluding hydrogens is 552 g/mol. The van der Waals surface area contributed by atoms with Crippen LogP contribution in [0.1, 0.15) is 40.6 Å². The summed E-state index contributed by atoms with van der Waals surface area (Å²) in [5.41, 5.74) is 1.42. The van der Waals surface area contributed by atoms with Crippen LogP contribution in [0.2, 0.25) is 0 Å². The first-order chi connectivity index (χ1) is 20.6. The van der Waals surface area contributed by atoms with Gasteiger partial charge in [0.15, 0.2) is 23.8 Å². The van der Waals surface area contributed by atoms with Crippen molar-refractivity contribution in [2.75, 3.05) is 33.9 Å². The van der Waals surface area contributed by atoms with Gasteiger partial charge in [0, 0.05) is 51.1 Å². The van der Waals surface area contributed by atoms with Crippen LogP contribution in [0.4, 0.5) is 0 Å². The minimum Gasteiger partial charge on any atom is -0.493 e. The van der Waals surface area contributed by atoms with Gasteiger partial charge in [0.1, 0.15) is 5.39 Å². The van der Waals surface area contributed by atoms with Gasteiger partial charge in [-0.25, -0.2) is 0 Å². The Kier molecular flexibility index (Phi) is 8.33. The zero-order valence-corrected chi connectivity index (χ0v) is 24.7. The van der Waals surface area contributed by atoms with E-state index in [0.29, 0.717) is 47.9 Å². The van der Waals surface area contributed by atoms with Gasteiger partial charge in [-0.1, -0.05) is 48.5 Å². The normalized spacial score (nSPS) is 13.7. The first-order valence-electron chi connectivity index (χ1n) is 14.1. The molecular formula is C32H34N4O7. The van der Waals surface area contributed by atoms with E-state index in [1.54, 1.807) is 64.9 Å². The highest BCUT2D eigenvalue weighted by molar-refractivity contribution is 6.12. The zero-order chi connectivity index (χ0) is 30.8. The molecule has 224 valence electrons. The number of rotatable bonds is 8. The molecule has 4 aromatic rings. The van der Waals surface area contributed by atoms with Gasteiger partial charge in [-0.05, 0) is 18.9 Å². The Morgan fingerprint density at radius 2 is 1.63 bits per heavy atom. The van der Waals surface area contributed by atoms with E-state index in [4.69, 9.17) is 9.47 Å². The molecule has 5 rings (SSSR count). The van der Waals surface area contributed by atoms with E-state index in [1.165, 1.54) is 18.6 Å². The van der Waals surface area contributed by atoms with E-state index < -0.39 is 11.5 Å². The molecule has 0 aliphatic carbocycles. The number of Topliss-reactive ketones (excluding diaryl/α,β-unsaturated/α-hetero) is 1. The summed E-state index contributed by atoms with van der Waals surface area (Å²) in [4.78, 5) is 68.0.